The van der Waals surface area contributed by atoms with Crippen LogP contribution in [0.5, 0.6) is 23.0 Å². The van der Waals surface area contributed by atoms with Crippen molar-refractivity contribution in [1.82, 2.24) is 4.90 Å². The lowest BCUT2D eigenvalue weighted by Crippen LogP contribution is -2.27. The predicted molar refractivity (Wildman–Crippen MR) is 132 cm³/mol. The number of ether oxygens (including phenoxy) is 2. The number of rotatable bonds is 8. The molecule has 0 bridgehead atoms. The molecule has 1 unspecified atom stereocenters. The molecule has 0 aromatic heterocycles. The number of fused-ring (bicyclic) bond motifs is 1. The van der Waals surface area contributed by atoms with Crippen molar-refractivity contribution in [2.24, 2.45) is 0 Å². The minimum atomic E-state index is -4.70. The molecule has 0 radical (unpaired) electrons. The number of phenolic OH excluding ortho intramolecular Hbond substituents is 2. The van der Waals surface area contributed by atoms with Crippen LogP contribution in [0.3, 0.4) is 0 Å². The van der Waals surface area contributed by atoms with Gasteiger partial charge >= 0.3 is 6.18 Å². The van der Waals surface area contributed by atoms with Crippen molar-refractivity contribution in [3.63, 3.8) is 0 Å². The Morgan fingerprint density at radius 3 is 2.14 bits per heavy atom. The smallest absolute Gasteiger partial charge is 0.417 e. The van der Waals surface area contributed by atoms with Gasteiger partial charge in [0.15, 0.2) is 6.10 Å². The van der Waals surface area contributed by atoms with Crippen molar-refractivity contribution in [3.8, 4) is 23.0 Å². The highest BCUT2D eigenvalue weighted by Crippen LogP contribution is 2.53. The SMILES string of the molecule is CCN(CC)CCOc1ccc(C2Oc3cc(O)ccc3C(C(F)(F)F)=C2c2ccc(O)cc2)cc1. The fourth-order valence-electron chi connectivity index (χ4n) is 4.33. The highest BCUT2D eigenvalue weighted by molar-refractivity contribution is 5.98. The quantitative estimate of drug-likeness (QED) is 0.374. The van der Waals surface area contributed by atoms with Crippen LogP contribution >= 0.6 is 0 Å². The Morgan fingerprint density at radius 1 is 0.889 bits per heavy atom. The van der Waals surface area contributed by atoms with Crippen molar-refractivity contribution in [2.45, 2.75) is 26.1 Å². The number of hydrogen-bond donors (Lipinski definition) is 2. The van der Waals surface area contributed by atoms with E-state index in [4.69, 9.17) is 9.47 Å². The molecule has 2 N–H and O–H groups in total. The molecule has 1 heterocycles. The maximum absolute atomic E-state index is 14.5. The molecule has 3 aromatic carbocycles. The maximum Gasteiger partial charge on any atom is 0.417 e. The molecule has 0 aliphatic carbocycles. The third-order valence-corrected chi connectivity index (χ3v) is 6.23. The van der Waals surface area contributed by atoms with Gasteiger partial charge in [-0.25, -0.2) is 0 Å². The maximum atomic E-state index is 14.5. The molecule has 4 rings (SSSR count). The van der Waals surface area contributed by atoms with Crippen LogP contribution in [-0.2, 0) is 0 Å². The van der Waals surface area contributed by atoms with Crippen molar-refractivity contribution in [3.05, 3.63) is 83.4 Å². The Hall–Kier alpha value is -3.65. The van der Waals surface area contributed by atoms with Gasteiger partial charge in [-0.2, -0.15) is 13.2 Å². The van der Waals surface area contributed by atoms with E-state index in [1.807, 2.05) is 0 Å². The van der Waals surface area contributed by atoms with Gasteiger partial charge in [0, 0.05) is 23.7 Å². The Kier molecular flexibility index (Phi) is 7.45. The first-order valence-corrected chi connectivity index (χ1v) is 11.8. The summed E-state index contributed by atoms with van der Waals surface area (Å²) in [4.78, 5) is 2.23. The lowest BCUT2D eigenvalue weighted by molar-refractivity contribution is -0.0695. The van der Waals surface area contributed by atoms with Gasteiger partial charge in [-0.1, -0.05) is 38.1 Å². The van der Waals surface area contributed by atoms with Crippen LogP contribution in [0.25, 0.3) is 11.1 Å². The number of halogens is 3. The summed E-state index contributed by atoms with van der Waals surface area (Å²) in [6, 6.07) is 15.9. The van der Waals surface area contributed by atoms with Gasteiger partial charge in [0.25, 0.3) is 0 Å². The first-order valence-electron chi connectivity index (χ1n) is 11.8. The third-order valence-electron chi connectivity index (χ3n) is 6.23. The van der Waals surface area contributed by atoms with E-state index in [9.17, 15) is 23.4 Å². The largest absolute Gasteiger partial charge is 0.508 e. The molecule has 5 nitrogen and oxygen atoms in total. The van der Waals surface area contributed by atoms with Gasteiger partial charge in [-0.15, -0.1) is 0 Å². The summed E-state index contributed by atoms with van der Waals surface area (Å²) in [5.41, 5.74) is -0.320. The Balaban J connectivity index is 1.75. The summed E-state index contributed by atoms with van der Waals surface area (Å²) in [6.07, 6.45) is -5.81. The topological polar surface area (TPSA) is 62.2 Å². The van der Waals surface area contributed by atoms with Gasteiger partial charge in [-0.3, -0.25) is 0 Å². The van der Waals surface area contributed by atoms with Crippen LogP contribution in [-0.4, -0.2) is 47.5 Å². The zero-order valence-corrected chi connectivity index (χ0v) is 20.0. The molecule has 1 atom stereocenters. The molecule has 0 fully saturated rings. The Labute approximate surface area is 208 Å². The number of likely N-dealkylation sites (N-methyl/N-ethyl adjacent to an activating group) is 1. The van der Waals surface area contributed by atoms with Crippen molar-refractivity contribution >= 4 is 11.1 Å². The van der Waals surface area contributed by atoms with Gasteiger partial charge in [0.2, 0.25) is 0 Å². The van der Waals surface area contributed by atoms with Gasteiger partial charge in [0.1, 0.15) is 29.6 Å². The van der Waals surface area contributed by atoms with Gasteiger partial charge in [-0.05, 0) is 60.6 Å². The Bertz CT molecular complexity index is 1220. The van der Waals surface area contributed by atoms with E-state index in [-0.39, 0.29) is 33.9 Å². The van der Waals surface area contributed by atoms with E-state index in [0.717, 1.165) is 19.6 Å². The van der Waals surface area contributed by atoms with Gasteiger partial charge < -0.3 is 24.6 Å². The first kappa shape index (κ1) is 25.4. The summed E-state index contributed by atoms with van der Waals surface area (Å²) >= 11 is 0. The summed E-state index contributed by atoms with van der Waals surface area (Å²) in [5.74, 6) is 0.289. The highest BCUT2D eigenvalue weighted by atomic mass is 19.4. The molecule has 0 amide bonds. The fourth-order valence-corrected chi connectivity index (χ4v) is 4.33. The van der Waals surface area contributed by atoms with Crippen LogP contribution in [0.2, 0.25) is 0 Å². The molecule has 0 spiro atoms. The minimum Gasteiger partial charge on any atom is -0.508 e. The number of phenols is 2. The lowest BCUT2D eigenvalue weighted by Gasteiger charge is -2.33. The number of nitrogens with zero attached hydrogens (tertiary/aromatic N) is 1. The first-order chi connectivity index (χ1) is 17.2. The normalized spacial score (nSPS) is 15.6. The summed E-state index contributed by atoms with van der Waals surface area (Å²) in [7, 11) is 0. The predicted octanol–water partition coefficient (Wildman–Crippen LogP) is 6.43. The summed E-state index contributed by atoms with van der Waals surface area (Å²) < 4.78 is 55.4. The van der Waals surface area contributed by atoms with Crippen LogP contribution < -0.4 is 9.47 Å². The zero-order valence-electron chi connectivity index (χ0n) is 20.0. The van der Waals surface area contributed by atoms with Crippen LogP contribution in [0.1, 0.15) is 36.6 Å². The molecule has 8 heteroatoms. The number of alkyl halides is 3. The van der Waals surface area contributed by atoms with Crippen molar-refractivity contribution in [2.75, 3.05) is 26.2 Å². The molecule has 3 aromatic rings. The second kappa shape index (κ2) is 10.5. The lowest BCUT2D eigenvalue weighted by atomic mass is 9.85. The molecule has 0 saturated carbocycles. The van der Waals surface area contributed by atoms with Crippen LogP contribution in [0, 0.1) is 0 Å². The van der Waals surface area contributed by atoms with E-state index >= 15 is 0 Å². The standard InChI is InChI=1S/C28H28F3NO4/c1-3-32(4-2)15-16-35-22-12-7-19(8-13-22)27-25(18-5-9-20(33)10-6-18)26(28(29,30)31)23-14-11-21(34)17-24(23)36-27/h5-14,17,27,33-34H,3-4,15-16H2,1-2H3. The Morgan fingerprint density at radius 2 is 1.53 bits per heavy atom. The van der Waals surface area contributed by atoms with Crippen molar-refractivity contribution in [1.29, 1.82) is 0 Å². The highest BCUT2D eigenvalue weighted by Gasteiger charge is 2.44. The molecular weight excluding hydrogens is 471 g/mol. The summed E-state index contributed by atoms with van der Waals surface area (Å²) in [5, 5.41) is 19.6. The number of benzene rings is 3. The molecule has 0 saturated heterocycles. The second-order valence-corrected chi connectivity index (χ2v) is 8.46. The third kappa shape index (κ3) is 5.44. The molecule has 190 valence electrons. The van der Waals surface area contributed by atoms with E-state index in [1.165, 1.54) is 42.5 Å². The number of aromatic hydroxyl groups is 2. The number of hydrogen-bond acceptors (Lipinski definition) is 5. The molecule has 1 aliphatic rings. The van der Waals surface area contributed by atoms with E-state index < -0.39 is 17.9 Å². The average Bonchev–Trinajstić information content (AvgIpc) is 2.86. The molecule has 36 heavy (non-hydrogen) atoms. The fraction of sp³-hybridized carbons (Fsp3) is 0.286. The van der Waals surface area contributed by atoms with Gasteiger partial charge in [0.05, 0.1) is 5.57 Å². The van der Waals surface area contributed by atoms with E-state index in [1.54, 1.807) is 24.3 Å². The van der Waals surface area contributed by atoms with E-state index in [0.29, 0.717) is 17.9 Å². The van der Waals surface area contributed by atoms with Crippen molar-refractivity contribution < 1.29 is 32.9 Å². The van der Waals surface area contributed by atoms with Crippen LogP contribution in [0.4, 0.5) is 13.2 Å². The van der Waals surface area contributed by atoms with Crippen LogP contribution in [0.15, 0.2) is 66.7 Å². The second-order valence-electron chi connectivity index (χ2n) is 8.46. The zero-order chi connectivity index (χ0) is 25.9. The average molecular weight is 500 g/mol. The summed E-state index contributed by atoms with van der Waals surface area (Å²) in [6.45, 7) is 7.25. The monoisotopic (exact) mass is 499 g/mol. The number of allylic oxidation sites excluding steroid dienone is 1. The minimum absolute atomic E-state index is 0.0577. The molecular formula is C28H28F3NO4. The van der Waals surface area contributed by atoms with E-state index in [2.05, 4.69) is 18.7 Å². The molecule has 1 aliphatic heterocycles.